The molecule has 98 valence electrons. The molecule has 1 saturated carbocycles. The molecule has 1 aliphatic heterocycles. The second kappa shape index (κ2) is 5.33. The average Bonchev–Trinajstić information content (AvgIpc) is 2.77. The van der Waals surface area contributed by atoms with E-state index in [4.69, 9.17) is 19.3 Å². The van der Waals surface area contributed by atoms with Crippen LogP contribution in [0.3, 0.4) is 0 Å². The van der Waals surface area contributed by atoms with E-state index in [1.54, 1.807) is 0 Å². The van der Waals surface area contributed by atoms with Crippen LogP contribution in [0, 0.1) is 0 Å². The molecule has 2 rings (SSSR count). The second-order valence-electron chi connectivity index (χ2n) is 4.68. The van der Waals surface area contributed by atoms with Gasteiger partial charge in [0.25, 0.3) is 0 Å². The number of carboxylic acids is 1. The van der Waals surface area contributed by atoms with Gasteiger partial charge in [-0.25, -0.2) is 4.79 Å². The number of carbonyl (C=O) groups is 1. The molecule has 0 amide bonds. The Labute approximate surface area is 101 Å². The van der Waals surface area contributed by atoms with Crippen molar-refractivity contribution in [3.8, 4) is 0 Å². The number of hydrogen-bond acceptors (Lipinski definition) is 4. The zero-order chi connectivity index (χ0) is 12.3. The maximum absolute atomic E-state index is 10.9. The van der Waals surface area contributed by atoms with Crippen LogP contribution in [0.25, 0.3) is 0 Å². The lowest BCUT2D eigenvalue weighted by Crippen LogP contribution is -2.39. The normalized spacial score (nSPS) is 26.2. The van der Waals surface area contributed by atoms with Crippen LogP contribution in [0.2, 0.25) is 0 Å². The summed E-state index contributed by atoms with van der Waals surface area (Å²) in [5, 5.41) is 8.93. The van der Waals surface area contributed by atoms with Crippen molar-refractivity contribution in [2.75, 3.05) is 13.2 Å². The van der Waals surface area contributed by atoms with E-state index < -0.39 is 17.9 Å². The van der Waals surface area contributed by atoms with Crippen LogP contribution in [0.1, 0.15) is 39.0 Å². The van der Waals surface area contributed by atoms with E-state index in [1.165, 1.54) is 0 Å². The molecule has 1 unspecified atom stereocenters. The second-order valence-corrected chi connectivity index (χ2v) is 4.68. The first kappa shape index (κ1) is 12.8. The van der Waals surface area contributed by atoms with Gasteiger partial charge in [0.15, 0.2) is 11.9 Å². The van der Waals surface area contributed by atoms with Gasteiger partial charge in [0.05, 0.1) is 19.3 Å². The molecule has 0 bridgehead atoms. The van der Waals surface area contributed by atoms with Crippen molar-refractivity contribution in [1.29, 1.82) is 0 Å². The summed E-state index contributed by atoms with van der Waals surface area (Å²) in [5.41, 5.74) is 0. The van der Waals surface area contributed by atoms with Crippen LogP contribution in [0.15, 0.2) is 0 Å². The van der Waals surface area contributed by atoms with Gasteiger partial charge in [-0.15, -0.1) is 0 Å². The molecule has 1 saturated heterocycles. The molecule has 0 radical (unpaired) electrons. The Hall–Kier alpha value is -0.650. The maximum Gasteiger partial charge on any atom is 0.332 e. The first-order valence-corrected chi connectivity index (χ1v) is 6.31. The summed E-state index contributed by atoms with van der Waals surface area (Å²) in [6, 6.07) is 0. The molecule has 17 heavy (non-hydrogen) atoms. The zero-order valence-corrected chi connectivity index (χ0v) is 10.2. The number of rotatable bonds is 4. The molecule has 1 spiro atoms. The van der Waals surface area contributed by atoms with Gasteiger partial charge in [0, 0.05) is 12.8 Å². The lowest BCUT2D eigenvalue weighted by atomic mass is 9.91. The highest BCUT2D eigenvalue weighted by atomic mass is 16.7. The van der Waals surface area contributed by atoms with Gasteiger partial charge in [0.1, 0.15) is 0 Å². The quantitative estimate of drug-likeness (QED) is 0.812. The molecular formula is C12H20O5. The predicted molar refractivity (Wildman–Crippen MR) is 59.7 cm³/mol. The first-order chi connectivity index (χ1) is 8.15. The highest BCUT2D eigenvalue weighted by Crippen LogP contribution is 2.37. The van der Waals surface area contributed by atoms with Crippen molar-refractivity contribution in [2.45, 2.75) is 57.0 Å². The van der Waals surface area contributed by atoms with E-state index in [1.807, 2.05) is 6.92 Å². The molecule has 1 aliphatic carbocycles. The summed E-state index contributed by atoms with van der Waals surface area (Å²) in [6.45, 7) is 3.16. The van der Waals surface area contributed by atoms with Gasteiger partial charge >= 0.3 is 5.97 Å². The van der Waals surface area contributed by atoms with Gasteiger partial charge < -0.3 is 19.3 Å². The number of carboxylic acid groups (broad SMARTS) is 1. The first-order valence-electron chi connectivity index (χ1n) is 6.31. The monoisotopic (exact) mass is 244 g/mol. The van der Waals surface area contributed by atoms with Gasteiger partial charge in [-0.2, -0.15) is 0 Å². The fraction of sp³-hybridized carbons (Fsp3) is 0.917. The molecule has 0 aromatic heterocycles. The summed E-state index contributed by atoms with van der Waals surface area (Å²) in [4.78, 5) is 10.9. The van der Waals surface area contributed by atoms with Crippen molar-refractivity contribution in [3.05, 3.63) is 0 Å². The molecule has 1 heterocycles. The highest BCUT2D eigenvalue weighted by Gasteiger charge is 2.41. The van der Waals surface area contributed by atoms with Gasteiger partial charge in [-0.1, -0.05) is 6.92 Å². The molecular weight excluding hydrogens is 224 g/mol. The Bertz CT molecular complexity index is 262. The summed E-state index contributed by atoms with van der Waals surface area (Å²) < 4.78 is 16.8. The van der Waals surface area contributed by atoms with Crippen LogP contribution < -0.4 is 0 Å². The average molecular weight is 244 g/mol. The zero-order valence-electron chi connectivity index (χ0n) is 10.2. The molecule has 1 atom stereocenters. The highest BCUT2D eigenvalue weighted by molar-refractivity contribution is 5.72. The molecule has 0 aromatic rings. The van der Waals surface area contributed by atoms with Crippen molar-refractivity contribution in [3.63, 3.8) is 0 Å². The van der Waals surface area contributed by atoms with Crippen molar-refractivity contribution in [1.82, 2.24) is 0 Å². The van der Waals surface area contributed by atoms with Crippen LogP contribution in [-0.2, 0) is 19.0 Å². The topological polar surface area (TPSA) is 65.0 Å². The van der Waals surface area contributed by atoms with Crippen LogP contribution in [0.4, 0.5) is 0 Å². The maximum atomic E-state index is 10.9. The van der Waals surface area contributed by atoms with Gasteiger partial charge in [-0.3, -0.25) is 0 Å². The predicted octanol–water partition coefficient (Wildman–Crippen LogP) is 1.55. The molecule has 0 aromatic carbocycles. The van der Waals surface area contributed by atoms with Crippen molar-refractivity contribution < 1.29 is 24.1 Å². The molecule has 2 aliphatic rings. The van der Waals surface area contributed by atoms with E-state index in [0.717, 1.165) is 25.7 Å². The number of aliphatic carboxylic acids is 1. The number of hydrogen-bond donors (Lipinski definition) is 1. The Morgan fingerprint density at radius 3 is 2.47 bits per heavy atom. The summed E-state index contributed by atoms with van der Waals surface area (Å²) in [5.74, 6) is -1.27. The molecule has 5 nitrogen and oxygen atoms in total. The fourth-order valence-corrected chi connectivity index (χ4v) is 2.51. The van der Waals surface area contributed by atoms with Crippen molar-refractivity contribution in [2.24, 2.45) is 0 Å². The van der Waals surface area contributed by atoms with Crippen LogP contribution in [-0.4, -0.2) is 42.3 Å². The fourth-order valence-electron chi connectivity index (χ4n) is 2.51. The van der Waals surface area contributed by atoms with E-state index in [0.29, 0.717) is 19.6 Å². The Balaban J connectivity index is 1.80. The van der Waals surface area contributed by atoms with E-state index in [9.17, 15) is 4.79 Å². The lowest BCUT2D eigenvalue weighted by Gasteiger charge is -2.36. The molecule has 1 N–H and O–H groups in total. The van der Waals surface area contributed by atoms with E-state index >= 15 is 0 Å². The van der Waals surface area contributed by atoms with Crippen LogP contribution >= 0.6 is 0 Å². The standard InChI is InChI=1S/C12H20O5/c1-2-10(11(13)14)17-9-3-5-12(6-4-9)15-7-8-16-12/h9-10H,2-8H2,1H3,(H,13,14). The summed E-state index contributed by atoms with van der Waals surface area (Å²) >= 11 is 0. The Morgan fingerprint density at radius 1 is 1.41 bits per heavy atom. The smallest absolute Gasteiger partial charge is 0.332 e. The third-order valence-electron chi connectivity index (χ3n) is 3.51. The minimum Gasteiger partial charge on any atom is -0.479 e. The lowest BCUT2D eigenvalue weighted by molar-refractivity contribution is -0.198. The molecule has 2 fully saturated rings. The Kier molecular flexibility index (Phi) is 4.01. The molecule has 5 heteroatoms. The minimum absolute atomic E-state index is 0.0227. The Morgan fingerprint density at radius 2 is 2.00 bits per heavy atom. The van der Waals surface area contributed by atoms with Gasteiger partial charge in [0.2, 0.25) is 0 Å². The number of ether oxygens (including phenoxy) is 3. The van der Waals surface area contributed by atoms with E-state index in [-0.39, 0.29) is 6.10 Å². The summed E-state index contributed by atoms with van der Waals surface area (Å²) in [7, 11) is 0. The minimum atomic E-state index is -0.874. The SMILES string of the molecule is CCC(OC1CCC2(CC1)OCCO2)C(=O)O. The van der Waals surface area contributed by atoms with Gasteiger partial charge in [-0.05, 0) is 19.3 Å². The van der Waals surface area contributed by atoms with E-state index in [2.05, 4.69) is 0 Å². The van der Waals surface area contributed by atoms with Crippen LogP contribution in [0.5, 0.6) is 0 Å². The largest absolute Gasteiger partial charge is 0.479 e. The summed E-state index contributed by atoms with van der Waals surface area (Å²) in [6.07, 6.45) is 3.06. The third kappa shape index (κ3) is 2.97. The third-order valence-corrected chi connectivity index (χ3v) is 3.51. The van der Waals surface area contributed by atoms with Crippen molar-refractivity contribution >= 4 is 5.97 Å².